The highest BCUT2D eigenvalue weighted by molar-refractivity contribution is 6.19. The van der Waals surface area contributed by atoms with Crippen molar-refractivity contribution in [1.82, 2.24) is 37.4 Å². The smallest absolute Gasteiger partial charge is 0.160 e. The van der Waals surface area contributed by atoms with Crippen LogP contribution in [0, 0.1) is 0 Å². The Labute approximate surface area is 735 Å². The van der Waals surface area contributed by atoms with Crippen molar-refractivity contribution >= 4 is 153 Å². The van der Waals surface area contributed by atoms with E-state index in [0.717, 1.165) is 139 Å². The third-order valence-corrected chi connectivity index (χ3v) is 27.0. The first-order valence-corrected chi connectivity index (χ1v) is 43.9. The van der Waals surface area contributed by atoms with Gasteiger partial charge in [0, 0.05) is 121 Å². The van der Waals surface area contributed by atoms with Crippen LogP contribution in [0.4, 0.5) is 0 Å². The zero-order chi connectivity index (χ0) is 83.8. The number of fused-ring (bicyclic) bond motifs is 21. The van der Waals surface area contributed by atoms with Gasteiger partial charge in [-0.15, -0.1) is 0 Å². The van der Waals surface area contributed by atoms with Gasteiger partial charge in [-0.05, 0) is 262 Å². The molecule has 0 bridgehead atoms. The van der Waals surface area contributed by atoms with Crippen molar-refractivity contribution in [1.29, 1.82) is 0 Å². The van der Waals surface area contributed by atoms with Gasteiger partial charge in [0.25, 0.3) is 0 Å². The molecule has 0 saturated heterocycles. The summed E-state index contributed by atoms with van der Waals surface area (Å²) in [6, 6.07) is 165. The molecule has 0 saturated carbocycles. The molecule has 0 atom stereocenters. The molecule has 0 spiro atoms. The summed E-state index contributed by atoms with van der Waals surface area (Å²) in [7, 11) is 0. The molecule has 128 heavy (non-hydrogen) atoms. The molecule has 8 heteroatoms. The van der Waals surface area contributed by atoms with E-state index < -0.39 is 0 Å². The van der Waals surface area contributed by atoms with Crippen molar-refractivity contribution in [2.75, 3.05) is 0 Å². The van der Waals surface area contributed by atoms with Gasteiger partial charge in [0.1, 0.15) is 0 Å². The van der Waals surface area contributed by atoms with Gasteiger partial charge in [-0.3, -0.25) is 0 Å². The SMILES string of the molecule is c1ccc(-n2c3ccccc3c3cc(-c4ccc5c(c4)c4cc(-c6ccc7c(c6)c6ccccc6n7-c6ccccc6)ccc4n5-c4ccc(-c5nc(-c6ccc(-n7c8ccc(-c9ccc%10c(c9)c9ccccc9n%10-c9ccccc9)cc8c8cc(-c9ccc%10c(c9)c9ccccc9n%10-c9ccccc9)ccc87)cc6)c6ccc7ccccc7c6n5)cc4)ccc32)cc1. The second-order valence-electron chi connectivity index (χ2n) is 34.0. The van der Waals surface area contributed by atoms with Crippen LogP contribution in [-0.2, 0) is 0 Å². The summed E-state index contributed by atoms with van der Waals surface area (Å²) >= 11 is 0. The van der Waals surface area contributed by atoms with Gasteiger partial charge >= 0.3 is 0 Å². The van der Waals surface area contributed by atoms with Crippen molar-refractivity contribution < 1.29 is 0 Å². The molecule has 0 fully saturated rings. The zero-order valence-corrected chi connectivity index (χ0v) is 69.3. The normalized spacial score (nSPS) is 12.1. The lowest BCUT2D eigenvalue weighted by molar-refractivity contribution is 1.17. The van der Waals surface area contributed by atoms with Crippen LogP contribution < -0.4 is 0 Å². The fourth-order valence-electron chi connectivity index (χ4n) is 21.1. The van der Waals surface area contributed by atoms with Gasteiger partial charge in [-0.2, -0.15) is 0 Å². The van der Waals surface area contributed by atoms with Crippen molar-refractivity contribution in [2.45, 2.75) is 0 Å². The van der Waals surface area contributed by atoms with Crippen LogP contribution in [0.5, 0.6) is 0 Å². The molecule has 0 N–H and O–H groups in total. The van der Waals surface area contributed by atoms with E-state index in [9.17, 15) is 0 Å². The Kier molecular flexibility index (Phi) is 15.7. The molecule has 27 aromatic rings. The van der Waals surface area contributed by atoms with Crippen LogP contribution in [0.1, 0.15) is 0 Å². The minimum Gasteiger partial charge on any atom is -0.309 e. The van der Waals surface area contributed by atoms with E-state index in [1.165, 1.54) is 109 Å². The molecule has 0 unspecified atom stereocenters. The molecule has 7 heterocycles. The Morgan fingerprint density at radius 3 is 0.641 bits per heavy atom. The summed E-state index contributed by atoms with van der Waals surface area (Å²) in [4.78, 5) is 11.2. The molecule has 0 aliphatic carbocycles. The highest BCUT2D eigenvalue weighted by Gasteiger charge is 2.25. The minimum absolute atomic E-state index is 0.653. The number of hydrogen-bond acceptors (Lipinski definition) is 2. The highest BCUT2D eigenvalue weighted by atomic mass is 15.0. The molecule has 8 nitrogen and oxygen atoms in total. The minimum atomic E-state index is 0.653. The van der Waals surface area contributed by atoms with Crippen molar-refractivity contribution in [3.63, 3.8) is 0 Å². The van der Waals surface area contributed by atoms with E-state index in [2.05, 4.69) is 476 Å². The lowest BCUT2D eigenvalue weighted by Gasteiger charge is -2.14. The van der Waals surface area contributed by atoms with E-state index in [4.69, 9.17) is 9.97 Å². The Balaban J connectivity index is 0.586. The quantitative estimate of drug-likeness (QED) is 0.114. The maximum atomic E-state index is 5.67. The first-order chi connectivity index (χ1) is 63.5. The molecule has 594 valence electrons. The van der Waals surface area contributed by atoms with Gasteiger partial charge in [0.2, 0.25) is 0 Å². The lowest BCUT2D eigenvalue weighted by Crippen LogP contribution is -1.98. The summed E-state index contributed by atoms with van der Waals surface area (Å²) in [6.07, 6.45) is 0. The van der Waals surface area contributed by atoms with Gasteiger partial charge in [0.15, 0.2) is 5.82 Å². The average molecular weight is 1630 g/mol. The van der Waals surface area contributed by atoms with Crippen LogP contribution >= 0.6 is 0 Å². The molecule has 27 rings (SSSR count). The predicted molar refractivity (Wildman–Crippen MR) is 536 cm³/mol. The second kappa shape index (κ2) is 28.2. The summed E-state index contributed by atoms with van der Waals surface area (Å²) in [5.74, 6) is 0.653. The molecule has 20 aromatic carbocycles. The van der Waals surface area contributed by atoms with Crippen molar-refractivity contribution in [3.05, 3.63) is 449 Å². The molecular formula is C120H74N8. The van der Waals surface area contributed by atoms with Gasteiger partial charge < -0.3 is 27.4 Å². The summed E-state index contributed by atoms with van der Waals surface area (Å²) in [5, 5.41) is 17.6. The maximum Gasteiger partial charge on any atom is 0.160 e. The van der Waals surface area contributed by atoms with Crippen LogP contribution in [0.2, 0.25) is 0 Å². The first-order valence-electron chi connectivity index (χ1n) is 43.9. The molecule has 0 amide bonds. The molecule has 0 aliphatic heterocycles. The number of aromatic nitrogens is 8. The molecular weight excluding hydrogens is 1550 g/mol. The Morgan fingerprint density at radius 1 is 0.133 bits per heavy atom. The van der Waals surface area contributed by atoms with Crippen molar-refractivity contribution in [2.24, 2.45) is 0 Å². The Morgan fingerprint density at radius 2 is 0.352 bits per heavy atom. The lowest BCUT2D eigenvalue weighted by atomic mass is 9.98. The third kappa shape index (κ3) is 11.0. The fourth-order valence-corrected chi connectivity index (χ4v) is 21.1. The molecule has 0 radical (unpaired) electrons. The van der Waals surface area contributed by atoms with E-state index in [-0.39, 0.29) is 0 Å². The number of benzene rings is 20. The number of para-hydroxylation sites is 8. The summed E-state index contributed by atoms with van der Waals surface area (Å²) < 4.78 is 14.4. The summed E-state index contributed by atoms with van der Waals surface area (Å²) in [6.45, 7) is 0. The van der Waals surface area contributed by atoms with Crippen LogP contribution in [0.3, 0.4) is 0 Å². The van der Waals surface area contributed by atoms with Crippen molar-refractivity contribution in [3.8, 4) is 101 Å². The summed E-state index contributed by atoms with van der Waals surface area (Å²) in [5.41, 5.74) is 33.5. The van der Waals surface area contributed by atoms with Crippen LogP contribution in [0.15, 0.2) is 449 Å². The van der Waals surface area contributed by atoms with Gasteiger partial charge in [-0.25, -0.2) is 9.97 Å². The number of nitrogens with zero attached hydrogens (tertiary/aromatic N) is 8. The zero-order valence-electron chi connectivity index (χ0n) is 69.3. The monoisotopic (exact) mass is 1630 g/mol. The average Bonchev–Trinajstić information content (AvgIpc) is 1.47. The van der Waals surface area contributed by atoms with E-state index in [1.54, 1.807) is 0 Å². The van der Waals surface area contributed by atoms with Crippen LogP contribution in [0.25, 0.3) is 254 Å². The standard InChI is InChI=1S/C120H74N8/c1-5-24-86(25-6-1)123-106-37-19-15-33-93(106)98-67-78(46-59-110(98)123)82-50-63-114-102(71-82)103-72-83(79-47-60-111-99(68-79)94-34-16-20-38-107(94)124(111)87-26-7-2-8-27-87)51-64-115(103)127(114)90-54-41-76(42-55-90)118-97-58-45-75-23-13-14-32-92(75)119(97)122-120(121-118)77-43-56-91(57-44-77)128-116-65-52-84(80-48-61-112-100(69-80)95-35-17-21-39-108(95)125(112)88-28-9-3-10-29-88)73-104(116)105-74-85(53-66-117(105)128)81-49-62-113-101(70-81)96-36-18-22-40-109(96)126(113)89-30-11-4-12-31-89/h1-74H. The maximum absolute atomic E-state index is 5.67. The van der Waals surface area contributed by atoms with E-state index >= 15 is 0 Å². The largest absolute Gasteiger partial charge is 0.309 e. The topological polar surface area (TPSA) is 55.4 Å². The predicted octanol–water partition coefficient (Wildman–Crippen LogP) is 31.4. The third-order valence-electron chi connectivity index (χ3n) is 27.0. The van der Waals surface area contributed by atoms with E-state index in [1.807, 2.05) is 0 Å². The highest BCUT2D eigenvalue weighted by Crippen LogP contribution is 2.47. The second-order valence-corrected chi connectivity index (χ2v) is 34.0. The Hall–Kier alpha value is -17.2. The van der Waals surface area contributed by atoms with Gasteiger partial charge in [0.05, 0.1) is 77.4 Å². The van der Waals surface area contributed by atoms with E-state index in [0.29, 0.717) is 5.82 Å². The molecule has 0 aliphatic rings. The fraction of sp³-hybridized carbons (Fsp3) is 0. The van der Waals surface area contributed by atoms with Crippen LogP contribution in [-0.4, -0.2) is 37.4 Å². The number of rotatable bonds is 12. The number of hydrogen-bond donors (Lipinski definition) is 0. The Bertz CT molecular complexity index is 8860. The molecule has 7 aromatic heterocycles. The van der Waals surface area contributed by atoms with Gasteiger partial charge in [-0.1, -0.05) is 237 Å². The first kappa shape index (κ1) is 71.4.